The summed E-state index contributed by atoms with van der Waals surface area (Å²) < 4.78 is 59.5. The zero-order chi connectivity index (χ0) is 26.5. The topological polar surface area (TPSA) is 112 Å². The summed E-state index contributed by atoms with van der Waals surface area (Å²) in [5.41, 5.74) is 2.15. The van der Waals surface area contributed by atoms with Crippen molar-refractivity contribution in [1.29, 1.82) is 0 Å². The summed E-state index contributed by atoms with van der Waals surface area (Å²) in [5.74, 6) is 0.525. The van der Waals surface area contributed by atoms with Crippen LogP contribution in [0.15, 0.2) is 73.1 Å². The molecule has 0 saturated carbocycles. The highest BCUT2D eigenvalue weighted by molar-refractivity contribution is 5.64. The summed E-state index contributed by atoms with van der Waals surface area (Å²) >= 11 is 0. The molecule has 4 aromatic rings. The predicted octanol–water partition coefficient (Wildman–Crippen LogP) is 4.72. The van der Waals surface area contributed by atoms with Crippen LogP contribution in [-0.4, -0.2) is 27.5 Å². The number of oxazole rings is 1. The second kappa shape index (κ2) is 11.1. The van der Waals surface area contributed by atoms with E-state index >= 15 is 0 Å². The lowest BCUT2D eigenvalue weighted by Gasteiger charge is -2.10. The molecule has 1 atom stereocenters. The van der Waals surface area contributed by atoms with Gasteiger partial charge >= 0.3 is 17.9 Å². The fourth-order valence-corrected chi connectivity index (χ4v) is 3.30. The van der Waals surface area contributed by atoms with Crippen LogP contribution in [-0.2, 0) is 13.2 Å². The molecule has 0 fully saturated rings. The lowest BCUT2D eigenvalue weighted by Crippen LogP contribution is -2.19. The standard InChI is InChI=1S/C25H22F3N3O6/c1-14(10-11-31-24(32)30-25(33)37-31)17-4-3-5-19(12-17)34-13-20-15(2)35-23(29-20)16-6-8-18(9-7-16)36-22(28)21(26)27/h3-10,12,21-22H,11,13H2,1-2H3,(H,30,32,33). The van der Waals surface area contributed by atoms with E-state index < -0.39 is 24.2 Å². The number of hydrogen-bond acceptors (Lipinski definition) is 7. The molecule has 0 aliphatic heterocycles. The zero-order valence-corrected chi connectivity index (χ0v) is 19.7. The van der Waals surface area contributed by atoms with Gasteiger partial charge in [0.05, 0.1) is 6.54 Å². The number of nitrogens with zero attached hydrogens (tertiary/aromatic N) is 2. The number of aromatic nitrogens is 3. The molecule has 0 radical (unpaired) electrons. The van der Waals surface area contributed by atoms with E-state index in [1.807, 2.05) is 30.1 Å². The second-order valence-corrected chi connectivity index (χ2v) is 7.92. The minimum Gasteiger partial charge on any atom is -0.487 e. The Morgan fingerprint density at radius 3 is 2.57 bits per heavy atom. The van der Waals surface area contributed by atoms with Gasteiger partial charge in [-0.3, -0.25) is 0 Å². The van der Waals surface area contributed by atoms with Crippen molar-refractivity contribution >= 4 is 5.57 Å². The average Bonchev–Trinajstić information content (AvgIpc) is 3.41. The molecule has 2 heterocycles. The number of alkyl halides is 3. The molecule has 194 valence electrons. The van der Waals surface area contributed by atoms with Crippen LogP contribution >= 0.6 is 0 Å². The van der Waals surface area contributed by atoms with Crippen molar-refractivity contribution in [2.45, 2.75) is 39.8 Å². The first-order chi connectivity index (χ1) is 17.7. The predicted molar refractivity (Wildman–Crippen MR) is 126 cm³/mol. The SMILES string of the molecule is CC(=CCn1oc(=O)[nH]c1=O)c1cccc(OCc2nc(-c3ccc(OC(F)C(F)F)cc3)oc2C)c1. The number of hydrogen-bond donors (Lipinski definition) is 1. The van der Waals surface area contributed by atoms with Gasteiger partial charge in [0, 0.05) is 5.56 Å². The van der Waals surface area contributed by atoms with Crippen LogP contribution in [0.3, 0.4) is 0 Å². The first-order valence-corrected chi connectivity index (χ1v) is 11.1. The van der Waals surface area contributed by atoms with Gasteiger partial charge in [-0.15, -0.1) is 4.74 Å². The largest absolute Gasteiger partial charge is 0.487 e. The monoisotopic (exact) mass is 517 g/mol. The molecule has 2 aromatic carbocycles. The van der Waals surface area contributed by atoms with Crippen LogP contribution in [0.25, 0.3) is 17.0 Å². The third-order valence-electron chi connectivity index (χ3n) is 5.30. The van der Waals surface area contributed by atoms with Gasteiger partial charge in [-0.2, -0.15) is 4.39 Å². The van der Waals surface area contributed by atoms with Gasteiger partial charge in [-0.25, -0.2) is 28.3 Å². The third-order valence-corrected chi connectivity index (χ3v) is 5.30. The summed E-state index contributed by atoms with van der Waals surface area (Å²) in [6, 6.07) is 13.0. The second-order valence-electron chi connectivity index (χ2n) is 7.92. The van der Waals surface area contributed by atoms with Crippen LogP contribution in [0.5, 0.6) is 11.5 Å². The molecule has 2 aromatic heterocycles. The Morgan fingerprint density at radius 2 is 1.89 bits per heavy atom. The molecule has 12 heteroatoms. The normalized spacial score (nSPS) is 12.6. The molecular weight excluding hydrogens is 495 g/mol. The van der Waals surface area contributed by atoms with E-state index in [4.69, 9.17) is 13.7 Å². The highest BCUT2D eigenvalue weighted by Crippen LogP contribution is 2.26. The highest BCUT2D eigenvalue weighted by atomic mass is 19.3. The van der Waals surface area contributed by atoms with Gasteiger partial charge in [0.15, 0.2) is 0 Å². The molecule has 0 aliphatic rings. The third kappa shape index (κ3) is 6.40. The van der Waals surface area contributed by atoms with Gasteiger partial charge in [-0.05, 0) is 61.4 Å². The summed E-state index contributed by atoms with van der Waals surface area (Å²) in [5, 5.41) is 0. The number of ether oxygens (including phenoxy) is 2. The number of benzene rings is 2. The lowest BCUT2D eigenvalue weighted by atomic mass is 10.1. The van der Waals surface area contributed by atoms with E-state index in [0.717, 1.165) is 15.9 Å². The highest BCUT2D eigenvalue weighted by Gasteiger charge is 2.21. The van der Waals surface area contributed by atoms with Gasteiger partial charge < -0.3 is 18.4 Å². The molecule has 1 N–H and O–H groups in total. The number of aryl methyl sites for hydroxylation is 1. The number of rotatable bonds is 10. The van der Waals surface area contributed by atoms with Gasteiger partial charge in [0.1, 0.15) is 29.6 Å². The Labute approximate surface area is 207 Å². The van der Waals surface area contributed by atoms with E-state index in [1.165, 1.54) is 24.3 Å². The van der Waals surface area contributed by atoms with E-state index in [2.05, 4.69) is 9.72 Å². The molecule has 0 amide bonds. The number of allylic oxidation sites excluding steroid dienone is 2. The summed E-state index contributed by atoms with van der Waals surface area (Å²) in [4.78, 5) is 29.1. The fourth-order valence-electron chi connectivity index (χ4n) is 3.30. The van der Waals surface area contributed by atoms with Crippen molar-refractivity contribution in [2.75, 3.05) is 0 Å². The van der Waals surface area contributed by atoms with E-state index in [1.54, 1.807) is 19.1 Å². The Morgan fingerprint density at radius 1 is 1.14 bits per heavy atom. The van der Waals surface area contributed by atoms with Crippen LogP contribution in [0.4, 0.5) is 13.2 Å². The van der Waals surface area contributed by atoms with Crippen molar-refractivity contribution in [3.63, 3.8) is 0 Å². The molecule has 0 aliphatic carbocycles. The molecule has 9 nitrogen and oxygen atoms in total. The molecule has 37 heavy (non-hydrogen) atoms. The average molecular weight is 517 g/mol. The van der Waals surface area contributed by atoms with E-state index in [9.17, 15) is 22.8 Å². The first-order valence-electron chi connectivity index (χ1n) is 11.1. The molecule has 0 saturated heterocycles. The van der Waals surface area contributed by atoms with Crippen molar-refractivity contribution < 1.29 is 31.6 Å². The molecule has 0 bridgehead atoms. The Balaban J connectivity index is 1.40. The summed E-state index contributed by atoms with van der Waals surface area (Å²) in [6.07, 6.45) is -4.21. The first kappa shape index (κ1) is 25.6. The van der Waals surface area contributed by atoms with Crippen molar-refractivity contribution in [3.05, 3.63) is 92.7 Å². The van der Waals surface area contributed by atoms with E-state index in [0.29, 0.717) is 22.8 Å². The molecule has 0 spiro atoms. The molecule has 4 rings (SSSR count). The van der Waals surface area contributed by atoms with Crippen molar-refractivity contribution in [1.82, 2.24) is 14.7 Å². The number of halogens is 3. The fraction of sp³-hybridized carbons (Fsp3) is 0.240. The number of nitrogens with one attached hydrogen (secondary N) is 1. The Bertz CT molecular complexity index is 1500. The quantitative estimate of drug-likeness (QED) is 0.324. The Hall–Kier alpha value is -4.48. The van der Waals surface area contributed by atoms with Gasteiger partial charge in [0.2, 0.25) is 5.89 Å². The number of H-pyrrole nitrogens is 1. The van der Waals surface area contributed by atoms with Crippen LogP contribution < -0.4 is 20.9 Å². The maximum absolute atomic E-state index is 13.1. The molecular formula is C25H22F3N3O6. The lowest BCUT2D eigenvalue weighted by molar-refractivity contribution is -0.0668. The Kier molecular flexibility index (Phi) is 7.66. The summed E-state index contributed by atoms with van der Waals surface area (Å²) in [6.45, 7) is 3.78. The maximum atomic E-state index is 13.1. The van der Waals surface area contributed by atoms with Crippen LogP contribution in [0.2, 0.25) is 0 Å². The van der Waals surface area contributed by atoms with Crippen LogP contribution in [0.1, 0.15) is 23.9 Å². The van der Waals surface area contributed by atoms with Crippen molar-refractivity contribution in [3.8, 4) is 23.0 Å². The maximum Gasteiger partial charge on any atom is 0.440 e. The van der Waals surface area contributed by atoms with Crippen molar-refractivity contribution in [2.24, 2.45) is 0 Å². The molecule has 1 unspecified atom stereocenters. The van der Waals surface area contributed by atoms with Gasteiger partial charge in [0.25, 0.3) is 6.36 Å². The zero-order valence-electron chi connectivity index (χ0n) is 19.7. The minimum absolute atomic E-state index is 0.0441. The minimum atomic E-state index is -3.24. The summed E-state index contributed by atoms with van der Waals surface area (Å²) in [7, 11) is 0. The number of aromatic amines is 1. The van der Waals surface area contributed by atoms with Gasteiger partial charge in [-0.1, -0.05) is 18.2 Å². The smallest absolute Gasteiger partial charge is 0.440 e. The van der Waals surface area contributed by atoms with Crippen LogP contribution in [0, 0.1) is 6.92 Å². The van der Waals surface area contributed by atoms with E-state index in [-0.39, 0.29) is 24.8 Å².